The van der Waals surface area contributed by atoms with Gasteiger partial charge in [-0.15, -0.1) is 0 Å². The van der Waals surface area contributed by atoms with Crippen LogP contribution in [0.3, 0.4) is 0 Å². The monoisotopic (exact) mass is 541 g/mol. The number of benzene rings is 2. The zero-order valence-electron chi connectivity index (χ0n) is 22.2. The molecule has 1 aliphatic heterocycles. The molecule has 9 nitrogen and oxygen atoms in total. The van der Waals surface area contributed by atoms with Crippen LogP contribution in [0.25, 0.3) is 11.4 Å². The largest absolute Gasteiger partial charge is 0.444 e. The summed E-state index contributed by atoms with van der Waals surface area (Å²) in [6.45, 7) is 6.16. The Labute approximate surface area is 225 Å². The Morgan fingerprint density at radius 1 is 1.18 bits per heavy atom. The summed E-state index contributed by atoms with van der Waals surface area (Å²) >= 11 is 0. The minimum Gasteiger partial charge on any atom is -0.444 e. The van der Waals surface area contributed by atoms with Crippen LogP contribution in [0.15, 0.2) is 53.1 Å². The van der Waals surface area contributed by atoms with Crippen LogP contribution in [0.2, 0.25) is 0 Å². The van der Waals surface area contributed by atoms with Gasteiger partial charge in [0.1, 0.15) is 17.2 Å². The van der Waals surface area contributed by atoms with Crippen molar-refractivity contribution in [2.45, 2.75) is 64.1 Å². The van der Waals surface area contributed by atoms with Gasteiger partial charge in [0.05, 0.1) is 0 Å². The highest BCUT2D eigenvalue weighted by atomic mass is 19.1. The first kappa shape index (κ1) is 28.0. The Hall–Kier alpha value is -4.02. The Balaban J connectivity index is 1.39. The molecule has 1 aliphatic rings. The van der Waals surface area contributed by atoms with E-state index >= 15 is 0 Å². The summed E-state index contributed by atoms with van der Waals surface area (Å²) in [5.74, 6) is -0.717. The number of hydrogen-bond acceptors (Lipinski definition) is 7. The lowest BCUT2D eigenvalue weighted by atomic mass is 10.0. The SMILES string of the molecule is CC(C)(C)OC(=O)N[C@@H](CC(=O)N1CCCC1CNc1nc(-c2cccc(F)c2)no1)Cc1ccccc1F. The van der Waals surface area contributed by atoms with Crippen LogP contribution in [-0.2, 0) is 16.0 Å². The van der Waals surface area contributed by atoms with Crippen molar-refractivity contribution >= 4 is 18.0 Å². The van der Waals surface area contributed by atoms with Crippen LogP contribution >= 0.6 is 0 Å². The molecule has 2 N–H and O–H groups in total. The van der Waals surface area contributed by atoms with Gasteiger partial charge in [-0.2, -0.15) is 4.98 Å². The molecule has 208 valence electrons. The number of rotatable bonds is 9. The molecule has 39 heavy (non-hydrogen) atoms. The predicted molar refractivity (Wildman–Crippen MR) is 141 cm³/mol. The van der Waals surface area contributed by atoms with Crippen LogP contribution in [0, 0.1) is 11.6 Å². The van der Waals surface area contributed by atoms with Crippen LogP contribution in [0.4, 0.5) is 19.6 Å². The standard InChI is InChI=1S/C28H33F2N5O4/c1-28(2,3)38-27(37)32-21(15-18-8-4-5-12-23(18)30)16-24(36)35-13-7-11-22(35)17-31-26-33-25(34-39-26)19-9-6-10-20(29)14-19/h4-6,8-10,12,14,21-22H,7,11,13,15-17H2,1-3H3,(H,32,37)(H,31,33,34)/t21-,22?/m1/s1. The van der Waals surface area contributed by atoms with Crippen molar-refractivity contribution in [2.24, 2.45) is 0 Å². The average molecular weight is 542 g/mol. The minimum atomic E-state index is -0.717. The second kappa shape index (κ2) is 12.2. The van der Waals surface area contributed by atoms with Crippen LogP contribution in [-0.4, -0.2) is 57.8 Å². The molecule has 2 aromatic carbocycles. The van der Waals surface area contributed by atoms with Crippen molar-refractivity contribution in [3.05, 3.63) is 65.7 Å². The van der Waals surface area contributed by atoms with Crippen LogP contribution in [0.5, 0.6) is 0 Å². The number of halogens is 2. The number of aromatic nitrogens is 2. The van der Waals surface area contributed by atoms with Gasteiger partial charge in [0, 0.05) is 37.2 Å². The minimum absolute atomic E-state index is 0.0195. The number of amides is 2. The summed E-state index contributed by atoms with van der Waals surface area (Å²) in [6, 6.07) is 11.5. The highest BCUT2D eigenvalue weighted by Crippen LogP contribution is 2.22. The summed E-state index contributed by atoms with van der Waals surface area (Å²) in [6.07, 6.45) is 1.03. The molecule has 0 bridgehead atoms. The lowest BCUT2D eigenvalue weighted by Gasteiger charge is -2.28. The lowest BCUT2D eigenvalue weighted by molar-refractivity contribution is -0.132. The number of likely N-dealkylation sites (tertiary alicyclic amines) is 1. The quantitative estimate of drug-likeness (QED) is 0.395. The number of anilines is 1. The lowest BCUT2D eigenvalue weighted by Crippen LogP contribution is -2.46. The second-order valence-corrected chi connectivity index (χ2v) is 10.5. The van der Waals surface area contributed by atoms with Gasteiger partial charge in [0.25, 0.3) is 0 Å². The van der Waals surface area contributed by atoms with Crippen molar-refractivity contribution in [1.82, 2.24) is 20.4 Å². The molecule has 0 aliphatic carbocycles. The summed E-state index contributed by atoms with van der Waals surface area (Å²) in [4.78, 5) is 31.9. The molecule has 1 fully saturated rings. The van der Waals surface area contributed by atoms with Crippen molar-refractivity contribution < 1.29 is 27.6 Å². The maximum Gasteiger partial charge on any atom is 0.407 e. The fourth-order valence-corrected chi connectivity index (χ4v) is 4.53. The average Bonchev–Trinajstić information content (AvgIpc) is 3.52. The van der Waals surface area contributed by atoms with Crippen molar-refractivity contribution in [3.8, 4) is 11.4 Å². The number of alkyl carbamates (subject to hydrolysis) is 1. The van der Waals surface area contributed by atoms with Gasteiger partial charge in [-0.25, -0.2) is 13.6 Å². The van der Waals surface area contributed by atoms with Gasteiger partial charge in [-0.05, 0) is 63.8 Å². The summed E-state index contributed by atoms with van der Waals surface area (Å²) < 4.78 is 38.5. The summed E-state index contributed by atoms with van der Waals surface area (Å²) in [7, 11) is 0. The topological polar surface area (TPSA) is 110 Å². The highest BCUT2D eigenvalue weighted by molar-refractivity contribution is 5.78. The highest BCUT2D eigenvalue weighted by Gasteiger charge is 2.31. The van der Waals surface area contributed by atoms with Gasteiger partial charge in [-0.3, -0.25) is 4.79 Å². The summed E-state index contributed by atoms with van der Waals surface area (Å²) in [5.41, 5.74) is 0.172. The van der Waals surface area contributed by atoms with E-state index in [1.54, 1.807) is 56.0 Å². The number of carbonyl (C=O) groups is 2. The van der Waals surface area contributed by atoms with Crippen molar-refractivity contribution in [3.63, 3.8) is 0 Å². The molecule has 0 spiro atoms. The van der Waals surface area contributed by atoms with Crippen LogP contribution in [0.1, 0.15) is 45.6 Å². The smallest absolute Gasteiger partial charge is 0.407 e. The predicted octanol–water partition coefficient (Wildman–Crippen LogP) is 4.94. The molecule has 1 unspecified atom stereocenters. The molecule has 1 saturated heterocycles. The number of ether oxygens (including phenoxy) is 1. The third-order valence-corrected chi connectivity index (χ3v) is 6.26. The maximum absolute atomic E-state index is 14.4. The second-order valence-electron chi connectivity index (χ2n) is 10.5. The molecule has 2 atom stereocenters. The van der Waals surface area contributed by atoms with E-state index in [-0.39, 0.29) is 36.6 Å². The number of hydrogen-bond donors (Lipinski definition) is 2. The zero-order chi connectivity index (χ0) is 28.0. The van der Waals surface area contributed by atoms with Crippen molar-refractivity contribution in [2.75, 3.05) is 18.4 Å². The first-order valence-electron chi connectivity index (χ1n) is 12.9. The molecular formula is C28H33F2N5O4. The van der Waals surface area contributed by atoms with E-state index in [0.29, 0.717) is 24.2 Å². The maximum atomic E-state index is 14.4. The fraction of sp³-hybridized carbons (Fsp3) is 0.429. The Kier molecular flexibility index (Phi) is 8.78. The zero-order valence-corrected chi connectivity index (χ0v) is 22.2. The van der Waals surface area contributed by atoms with Gasteiger partial charge < -0.3 is 24.8 Å². The third-order valence-electron chi connectivity index (χ3n) is 6.26. The number of nitrogens with zero attached hydrogens (tertiary/aromatic N) is 3. The molecule has 4 rings (SSSR count). The van der Waals surface area contributed by atoms with E-state index in [9.17, 15) is 18.4 Å². The Morgan fingerprint density at radius 3 is 2.72 bits per heavy atom. The van der Waals surface area contributed by atoms with E-state index in [1.165, 1.54) is 18.2 Å². The molecule has 3 aromatic rings. The molecule has 0 saturated carbocycles. The summed E-state index contributed by atoms with van der Waals surface area (Å²) in [5, 5.41) is 9.70. The first-order valence-corrected chi connectivity index (χ1v) is 12.9. The fourth-order valence-electron chi connectivity index (χ4n) is 4.53. The molecule has 2 amide bonds. The van der Waals surface area contributed by atoms with Gasteiger partial charge >= 0.3 is 12.1 Å². The first-order chi connectivity index (χ1) is 18.6. The Bertz CT molecular complexity index is 1290. The van der Waals surface area contributed by atoms with E-state index < -0.39 is 29.4 Å². The molecule has 0 radical (unpaired) electrons. The normalized spacial score (nSPS) is 16.1. The molecule has 11 heteroatoms. The van der Waals surface area contributed by atoms with Gasteiger partial charge in [0.2, 0.25) is 11.7 Å². The molecular weight excluding hydrogens is 508 g/mol. The third kappa shape index (κ3) is 7.98. The van der Waals surface area contributed by atoms with E-state index in [0.717, 1.165) is 12.8 Å². The van der Waals surface area contributed by atoms with Gasteiger partial charge in [-0.1, -0.05) is 35.5 Å². The Morgan fingerprint density at radius 2 is 1.97 bits per heavy atom. The van der Waals surface area contributed by atoms with Gasteiger partial charge in [0.15, 0.2) is 0 Å². The van der Waals surface area contributed by atoms with Crippen molar-refractivity contribution in [1.29, 1.82) is 0 Å². The van der Waals surface area contributed by atoms with E-state index in [4.69, 9.17) is 9.26 Å². The van der Waals surface area contributed by atoms with E-state index in [1.807, 2.05) is 0 Å². The number of carbonyl (C=O) groups excluding carboxylic acids is 2. The number of nitrogens with one attached hydrogen (secondary N) is 2. The molecule has 2 heterocycles. The molecule has 1 aromatic heterocycles. The van der Waals surface area contributed by atoms with Crippen LogP contribution < -0.4 is 10.6 Å². The van der Waals surface area contributed by atoms with E-state index in [2.05, 4.69) is 20.8 Å².